The number of hydrogen-bond acceptors (Lipinski definition) is 2. The molecule has 2 aliphatic rings. The van der Waals surface area contributed by atoms with Crippen LogP contribution in [-0.4, -0.2) is 55.0 Å². The summed E-state index contributed by atoms with van der Waals surface area (Å²) < 4.78 is 24.9. The number of nitrogens with zero attached hydrogens (tertiary/aromatic N) is 2. The summed E-state index contributed by atoms with van der Waals surface area (Å²) in [7, 11) is 0. The fourth-order valence-electron chi connectivity index (χ4n) is 3.15. The molecule has 0 radical (unpaired) electrons. The van der Waals surface area contributed by atoms with Crippen molar-refractivity contribution in [1.29, 1.82) is 0 Å². The molecule has 0 N–H and O–H groups in total. The van der Waals surface area contributed by atoms with Gasteiger partial charge in [-0.15, -0.1) is 0 Å². The first-order valence-corrected chi connectivity index (χ1v) is 7.67. The molecule has 1 unspecified atom stereocenters. The zero-order chi connectivity index (χ0) is 13.5. The number of halogens is 2. The maximum Gasteiger partial charge on any atom is 0.251 e. The molecule has 2 rings (SSSR count). The lowest BCUT2D eigenvalue weighted by atomic mass is 10.0. The summed E-state index contributed by atoms with van der Waals surface area (Å²) >= 11 is 0. The highest BCUT2D eigenvalue weighted by molar-refractivity contribution is 4.96. The predicted molar refractivity (Wildman–Crippen MR) is 74.6 cm³/mol. The van der Waals surface area contributed by atoms with E-state index in [0.717, 1.165) is 32.6 Å². The van der Waals surface area contributed by atoms with Crippen molar-refractivity contribution in [3.63, 3.8) is 0 Å². The zero-order valence-corrected chi connectivity index (χ0v) is 11.7. The maximum absolute atomic E-state index is 12.4. The van der Waals surface area contributed by atoms with Gasteiger partial charge in [0.2, 0.25) is 0 Å². The smallest absolute Gasteiger partial charge is 0.251 e. The summed E-state index contributed by atoms with van der Waals surface area (Å²) in [5, 5.41) is 0. The van der Waals surface area contributed by atoms with Gasteiger partial charge >= 0.3 is 0 Å². The van der Waals surface area contributed by atoms with Crippen molar-refractivity contribution in [2.75, 3.05) is 32.7 Å². The average Bonchev–Trinajstić information content (AvgIpc) is 2.54. The SMILES string of the molecule is FC(F)CN1CCCN(C2C=CCCCCC2)CC1. The van der Waals surface area contributed by atoms with Crippen LogP contribution in [0.1, 0.15) is 38.5 Å². The summed E-state index contributed by atoms with van der Waals surface area (Å²) in [6.45, 7) is 3.52. The van der Waals surface area contributed by atoms with E-state index in [1.54, 1.807) is 0 Å². The van der Waals surface area contributed by atoms with Crippen LogP contribution in [0.25, 0.3) is 0 Å². The third-order valence-corrected chi connectivity index (χ3v) is 4.22. The standard InChI is InChI=1S/C15H26F2N2/c16-15(17)13-18-9-6-10-19(12-11-18)14-7-4-2-1-3-5-8-14/h4,7,14-15H,1-3,5-6,8-13H2. The second-order valence-corrected chi connectivity index (χ2v) is 5.71. The van der Waals surface area contributed by atoms with Gasteiger partial charge in [-0.1, -0.05) is 25.0 Å². The van der Waals surface area contributed by atoms with E-state index in [0.29, 0.717) is 6.04 Å². The lowest BCUT2D eigenvalue weighted by Gasteiger charge is -2.29. The van der Waals surface area contributed by atoms with Crippen molar-refractivity contribution >= 4 is 0 Å². The Morgan fingerprint density at radius 3 is 2.74 bits per heavy atom. The van der Waals surface area contributed by atoms with Gasteiger partial charge in [-0.25, -0.2) is 8.78 Å². The van der Waals surface area contributed by atoms with Crippen molar-refractivity contribution in [2.45, 2.75) is 51.0 Å². The minimum atomic E-state index is -2.20. The lowest BCUT2D eigenvalue weighted by molar-refractivity contribution is 0.0891. The van der Waals surface area contributed by atoms with E-state index in [4.69, 9.17) is 0 Å². The summed E-state index contributed by atoms with van der Waals surface area (Å²) in [6, 6.07) is 0.534. The molecule has 2 nitrogen and oxygen atoms in total. The molecular weight excluding hydrogens is 246 g/mol. The van der Waals surface area contributed by atoms with Gasteiger partial charge in [0.05, 0.1) is 6.54 Å². The Kier molecular flexibility index (Phi) is 6.24. The van der Waals surface area contributed by atoms with Gasteiger partial charge in [0.15, 0.2) is 0 Å². The Morgan fingerprint density at radius 2 is 1.89 bits per heavy atom. The van der Waals surface area contributed by atoms with Crippen molar-refractivity contribution in [3.05, 3.63) is 12.2 Å². The van der Waals surface area contributed by atoms with Crippen LogP contribution in [0.3, 0.4) is 0 Å². The highest BCUT2D eigenvalue weighted by Crippen LogP contribution is 2.18. The minimum Gasteiger partial charge on any atom is -0.296 e. The fraction of sp³-hybridized carbons (Fsp3) is 0.867. The van der Waals surface area contributed by atoms with E-state index < -0.39 is 6.43 Å². The number of hydrogen-bond donors (Lipinski definition) is 0. The van der Waals surface area contributed by atoms with Gasteiger partial charge in [-0.2, -0.15) is 0 Å². The van der Waals surface area contributed by atoms with E-state index >= 15 is 0 Å². The molecule has 0 saturated carbocycles. The third kappa shape index (κ3) is 5.19. The molecule has 19 heavy (non-hydrogen) atoms. The van der Waals surface area contributed by atoms with E-state index in [1.165, 1.54) is 32.1 Å². The molecule has 1 aliphatic carbocycles. The summed E-state index contributed by atoms with van der Waals surface area (Å²) in [4.78, 5) is 4.41. The summed E-state index contributed by atoms with van der Waals surface area (Å²) in [6.07, 6.45) is 9.83. The van der Waals surface area contributed by atoms with E-state index in [1.807, 2.05) is 4.90 Å². The summed E-state index contributed by atoms with van der Waals surface area (Å²) in [5.74, 6) is 0. The Balaban J connectivity index is 1.85. The van der Waals surface area contributed by atoms with Gasteiger partial charge in [0, 0.05) is 19.1 Å². The Bertz CT molecular complexity index is 281. The minimum absolute atomic E-state index is 0.0612. The lowest BCUT2D eigenvalue weighted by Crippen LogP contribution is -2.38. The second kappa shape index (κ2) is 7.95. The molecule has 0 aromatic carbocycles. The normalized spacial score (nSPS) is 28.1. The third-order valence-electron chi connectivity index (χ3n) is 4.22. The molecule has 110 valence electrons. The van der Waals surface area contributed by atoms with Crippen molar-refractivity contribution < 1.29 is 8.78 Å². The number of alkyl halides is 2. The van der Waals surface area contributed by atoms with Crippen molar-refractivity contribution in [1.82, 2.24) is 9.80 Å². The highest BCUT2D eigenvalue weighted by atomic mass is 19.3. The monoisotopic (exact) mass is 272 g/mol. The largest absolute Gasteiger partial charge is 0.296 e. The quantitative estimate of drug-likeness (QED) is 0.728. The average molecular weight is 272 g/mol. The van der Waals surface area contributed by atoms with Gasteiger partial charge < -0.3 is 0 Å². The fourth-order valence-corrected chi connectivity index (χ4v) is 3.15. The molecule has 1 fully saturated rings. The van der Waals surface area contributed by atoms with Gasteiger partial charge in [0.1, 0.15) is 0 Å². The first-order chi connectivity index (χ1) is 9.25. The van der Waals surface area contributed by atoms with E-state index in [2.05, 4.69) is 17.1 Å². The molecule has 0 aromatic heterocycles. The van der Waals surface area contributed by atoms with Crippen LogP contribution in [0.2, 0.25) is 0 Å². The van der Waals surface area contributed by atoms with Crippen LogP contribution in [0, 0.1) is 0 Å². The van der Waals surface area contributed by atoms with Crippen LogP contribution in [0.5, 0.6) is 0 Å². The molecule has 1 heterocycles. The van der Waals surface area contributed by atoms with Gasteiger partial charge in [0.25, 0.3) is 6.43 Å². The van der Waals surface area contributed by atoms with Crippen LogP contribution >= 0.6 is 0 Å². The Morgan fingerprint density at radius 1 is 1.00 bits per heavy atom. The molecule has 1 atom stereocenters. The first-order valence-electron chi connectivity index (χ1n) is 7.67. The highest BCUT2D eigenvalue weighted by Gasteiger charge is 2.21. The molecule has 0 bridgehead atoms. The second-order valence-electron chi connectivity index (χ2n) is 5.71. The Hall–Kier alpha value is -0.480. The van der Waals surface area contributed by atoms with Crippen LogP contribution in [-0.2, 0) is 0 Å². The van der Waals surface area contributed by atoms with Gasteiger partial charge in [-0.05, 0) is 38.8 Å². The molecule has 0 aromatic rings. The van der Waals surface area contributed by atoms with Crippen LogP contribution in [0.4, 0.5) is 8.78 Å². The Labute approximate surface area is 115 Å². The number of rotatable bonds is 3. The molecule has 1 saturated heterocycles. The molecule has 0 amide bonds. The van der Waals surface area contributed by atoms with Crippen molar-refractivity contribution in [2.24, 2.45) is 0 Å². The summed E-state index contributed by atoms with van der Waals surface area (Å²) in [5.41, 5.74) is 0. The first kappa shape index (κ1) is 14.9. The molecule has 1 aliphatic heterocycles. The zero-order valence-electron chi connectivity index (χ0n) is 11.7. The van der Waals surface area contributed by atoms with E-state index in [9.17, 15) is 8.78 Å². The maximum atomic E-state index is 12.4. The van der Waals surface area contributed by atoms with Gasteiger partial charge in [-0.3, -0.25) is 9.80 Å². The predicted octanol–water partition coefficient (Wildman–Crippen LogP) is 3.15. The van der Waals surface area contributed by atoms with E-state index in [-0.39, 0.29) is 6.54 Å². The van der Waals surface area contributed by atoms with Crippen molar-refractivity contribution in [3.8, 4) is 0 Å². The molecular formula is C15H26F2N2. The molecule has 4 heteroatoms. The number of allylic oxidation sites excluding steroid dienone is 1. The molecule has 0 spiro atoms. The van der Waals surface area contributed by atoms with Crippen LogP contribution in [0.15, 0.2) is 12.2 Å². The topological polar surface area (TPSA) is 6.48 Å². The van der Waals surface area contributed by atoms with Crippen LogP contribution < -0.4 is 0 Å².